The maximum Gasteiger partial charge on any atom is 0.230 e. The molecule has 144 valence electrons. The first-order valence-electron chi connectivity index (χ1n) is 8.31. The molecule has 1 aromatic heterocycles. The first-order valence-corrected chi connectivity index (χ1v) is 8.31. The van der Waals surface area contributed by atoms with Crippen LogP contribution in [0.2, 0.25) is 0 Å². The molecule has 3 heterocycles. The van der Waals surface area contributed by atoms with Gasteiger partial charge in [0.05, 0.1) is 30.9 Å². The van der Waals surface area contributed by atoms with E-state index < -0.39 is 5.41 Å². The zero-order valence-corrected chi connectivity index (χ0v) is 16.2. The SMILES string of the molecule is Cc1cnn(CC2CN(C(=O)C3(CN)CCOCC3)CCO2)c1.Cl.Cl. The fourth-order valence-electron chi connectivity index (χ4n) is 3.39. The summed E-state index contributed by atoms with van der Waals surface area (Å²) in [5, 5.41) is 4.30. The monoisotopic (exact) mass is 394 g/mol. The van der Waals surface area contributed by atoms with Crippen LogP contribution in [0.5, 0.6) is 0 Å². The number of hydrogen-bond acceptors (Lipinski definition) is 5. The normalized spacial score (nSPS) is 22.6. The largest absolute Gasteiger partial charge is 0.381 e. The number of carbonyl (C=O) groups is 1. The lowest BCUT2D eigenvalue weighted by Gasteiger charge is -2.41. The second-order valence-corrected chi connectivity index (χ2v) is 6.58. The molecule has 0 radical (unpaired) electrons. The van der Waals surface area contributed by atoms with Crippen molar-refractivity contribution in [3.8, 4) is 0 Å². The Morgan fingerprint density at radius 3 is 2.68 bits per heavy atom. The molecule has 2 fully saturated rings. The van der Waals surface area contributed by atoms with E-state index in [1.807, 2.05) is 28.9 Å². The molecule has 2 N–H and O–H groups in total. The van der Waals surface area contributed by atoms with Crippen molar-refractivity contribution in [3.63, 3.8) is 0 Å². The quantitative estimate of drug-likeness (QED) is 0.823. The van der Waals surface area contributed by atoms with Gasteiger partial charge < -0.3 is 20.1 Å². The van der Waals surface area contributed by atoms with Gasteiger partial charge in [-0.2, -0.15) is 5.10 Å². The van der Waals surface area contributed by atoms with Crippen LogP contribution in [0.3, 0.4) is 0 Å². The Kier molecular flexibility index (Phi) is 8.63. The van der Waals surface area contributed by atoms with Crippen LogP contribution in [0.15, 0.2) is 12.4 Å². The minimum atomic E-state index is -0.456. The first kappa shape index (κ1) is 22.2. The molecular weight excluding hydrogens is 367 g/mol. The molecule has 0 aliphatic carbocycles. The highest BCUT2D eigenvalue weighted by Gasteiger charge is 2.42. The lowest BCUT2D eigenvalue weighted by atomic mass is 9.78. The van der Waals surface area contributed by atoms with E-state index in [2.05, 4.69) is 5.10 Å². The Hall–Kier alpha value is -0.860. The molecule has 9 heteroatoms. The number of nitrogens with zero attached hydrogens (tertiary/aromatic N) is 3. The first-order chi connectivity index (χ1) is 11.1. The van der Waals surface area contributed by atoms with Crippen molar-refractivity contribution in [1.82, 2.24) is 14.7 Å². The average Bonchev–Trinajstić information content (AvgIpc) is 3.00. The van der Waals surface area contributed by atoms with Crippen LogP contribution >= 0.6 is 24.8 Å². The molecule has 2 aliphatic rings. The Bertz CT molecular complexity index is 549. The average molecular weight is 395 g/mol. The van der Waals surface area contributed by atoms with E-state index in [9.17, 15) is 4.79 Å². The van der Waals surface area contributed by atoms with E-state index in [4.69, 9.17) is 15.2 Å². The lowest BCUT2D eigenvalue weighted by Crippen LogP contribution is -2.55. The third kappa shape index (κ3) is 5.08. The summed E-state index contributed by atoms with van der Waals surface area (Å²) in [6, 6.07) is 0. The molecule has 0 saturated carbocycles. The van der Waals surface area contributed by atoms with Gasteiger partial charge in [0.15, 0.2) is 0 Å². The predicted octanol–water partition coefficient (Wildman–Crippen LogP) is 1.02. The zero-order valence-electron chi connectivity index (χ0n) is 14.6. The van der Waals surface area contributed by atoms with Gasteiger partial charge in [0.2, 0.25) is 5.91 Å². The number of nitrogens with two attached hydrogens (primary N) is 1. The van der Waals surface area contributed by atoms with Crippen LogP contribution in [0, 0.1) is 12.3 Å². The summed E-state index contributed by atoms with van der Waals surface area (Å²) in [6.07, 6.45) is 5.22. The van der Waals surface area contributed by atoms with Crippen LogP contribution < -0.4 is 5.73 Å². The number of aromatic nitrogens is 2. The van der Waals surface area contributed by atoms with Gasteiger partial charge in [0.1, 0.15) is 0 Å². The van der Waals surface area contributed by atoms with Crippen molar-refractivity contribution in [2.45, 2.75) is 32.4 Å². The summed E-state index contributed by atoms with van der Waals surface area (Å²) in [6.45, 7) is 6.08. The maximum atomic E-state index is 13.0. The molecule has 1 unspecified atom stereocenters. The Labute approximate surface area is 161 Å². The lowest BCUT2D eigenvalue weighted by molar-refractivity contribution is -0.155. The maximum absolute atomic E-state index is 13.0. The third-order valence-electron chi connectivity index (χ3n) is 4.87. The van der Waals surface area contributed by atoms with Gasteiger partial charge in [-0.3, -0.25) is 9.48 Å². The van der Waals surface area contributed by atoms with Gasteiger partial charge in [-0.1, -0.05) is 0 Å². The summed E-state index contributed by atoms with van der Waals surface area (Å²) in [5.74, 6) is 0.160. The van der Waals surface area contributed by atoms with Crippen molar-refractivity contribution < 1.29 is 14.3 Å². The van der Waals surface area contributed by atoms with Gasteiger partial charge in [-0.25, -0.2) is 0 Å². The van der Waals surface area contributed by atoms with Gasteiger partial charge >= 0.3 is 0 Å². The molecule has 0 bridgehead atoms. The smallest absolute Gasteiger partial charge is 0.230 e. The molecule has 3 rings (SSSR count). The standard InChI is InChI=1S/C16H26N4O3.2ClH/c1-13-8-18-20(9-13)11-14-10-19(4-7-23-14)15(21)16(12-17)2-5-22-6-3-16;;/h8-9,14H,2-7,10-12,17H2,1H3;2*1H. The fourth-order valence-corrected chi connectivity index (χ4v) is 3.39. The summed E-state index contributed by atoms with van der Waals surface area (Å²) < 4.78 is 13.1. The van der Waals surface area contributed by atoms with E-state index in [-0.39, 0.29) is 36.8 Å². The summed E-state index contributed by atoms with van der Waals surface area (Å²) in [5.41, 5.74) is 6.63. The second-order valence-electron chi connectivity index (χ2n) is 6.58. The number of morpholine rings is 1. The molecular formula is C16H28Cl2N4O3. The molecule has 1 atom stereocenters. The Morgan fingerprint density at radius 1 is 1.36 bits per heavy atom. The van der Waals surface area contributed by atoms with Gasteiger partial charge in [0.25, 0.3) is 0 Å². The van der Waals surface area contributed by atoms with Crippen molar-refractivity contribution in [2.75, 3.05) is 39.5 Å². The van der Waals surface area contributed by atoms with Crippen LogP contribution in [-0.2, 0) is 20.8 Å². The number of rotatable bonds is 4. The predicted molar refractivity (Wildman–Crippen MR) is 99.3 cm³/mol. The molecule has 0 aromatic carbocycles. The van der Waals surface area contributed by atoms with Crippen molar-refractivity contribution in [1.29, 1.82) is 0 Å². The second kappa shape index (κ2) is 9.73. The molecule has 7 nitrogen and oxygen atoms in total. The van der Waals surface area contributed by atoms with Crippen LogP contribution in [-0.4, -0.2) is 66.1 Å². The number of aryl methyl sites for hydroxylation is 1. The van der Waals surface area contributed by atoms with E-state index in [0.717, 1.165) is 5.56 Å². The Balaban J connectivity index is 0.00000156. The van der Waals surface area contributed by atoms with Gasteiger partial charge in [0, 0.05) is 39.0 Å². The molecule has 0 spiro atoms. The highest BCUT2D eigenvalue weighted by Crippen LogP contribution is 2.32. The van der Waals surface area contributed by atoms with Crippen molar-refractivity contribution in [3.05, 3.63) is 18.0 Å². The molecule has 25 heavy (non-hydrogen) atoms. The topological polar surface area (TPSA) is 82.6 Å². The number of halogens is 2. The summed E-state index contributed by atoms with van der Waals surface area (Å²) >= 11 is 0. The minimum absolute atomic E-state index is 0. The van der Waals surface area contributed by atoms with E-state index in [1.54, 1.807) is 0 Å². The molecule has 1 aromatic rings. The van der Waals surface area contributed by atoms with Crippen LogP contribution in [0.4, 0.5) is 0 Å². The van der Waals surface area contributed by atoms with Crippen LogP contribution in [0.1, 0.15) is 18.4 Å². The Morgan fingerprint density at radius 2 is 2.08 bits per heavy atom. The number of ether oxygens (including phenoxy) is 2. The molecule has 2 saturated heterocycles. The van der Waals surface area contributed by atoms with E-state index in [0.29, 0.717) is 58.8 Å². The van der Waals surface area contributed by atoms with Gasteiger partial charge in [-0.05, 0) is 25.3 Å². The summed E-state index contributed by atoms with van der Waals surface area (Å²) in [7, 11) is 0. The number of amides is 1. The van der Waals surface area contributed by atoms with Crippen molar-refractivity contribution >= 4 is 30.7 Å². The summed E-state index contributed by atoms with van der Waals surface area (Å²) in [4.78, 5) is 14.9. The molecule has 1 amide bonds. The highest BCUT2D eigenvalue weighted by atomic mass is 35.5. The van der Waals surface area contributed by atoms with Crippen molar-refractivity contribution in [2.24, 2.45) is 11.1 Å². The molecule has 2 aliphatic heterocycles. The van der Waals surface area contributed by atoms with E-state index >= 15 is 0 Å². The number of carbonyl (C=O) groups excluding carboxylic acids is 1. The van der Waals surface area contributed by atoms with Gasteiger partial charge in [-0.15, -0.1) is 24.8 Å². The third-order valence-corrected chi connectivity index (χ3v) is 4.87. The number of hydrogen-bond donors (Lipinski definition) is 1. The fraction of sp³-hybridized carbons (Fsp3) is 0.750. The van der Waals surface area contributed by atoms with Crippen LogP contribution in [0.25, 0.3) is 0 Å². The van der Waals surface area contributed by atoms with E-state index in [1.165, 1.54) is 0 Å². The zero-order chi connectivity index (χ0) is 16.3. The minimum Gasteiger partial charge on any atom is -0.381 e. The highest BCUT2D eigenvalue weighted by molar-refractivity contribution is 5.85.